The molecule has 5 rings (SSSR count). The number of nitrogens with zero attached hydrogens (tertiary/aromatic N) is 4. The highest BCUT2D eigenvalue weighted by Gasteiger charge is 2.27. The summed E-state index contributed by atoms with van der Waals surface area (Å²) in [6.45, 7) is 4.25. The maximum atomic E-state index is 13.2. The number of thiophene rings is 1. The molecule has 10 heteroatoms. The predicted molar refractivity (Wildman–Crippen MR) is 132 cm³/mol. The molecule has 1 aromatic carbocycles. The Morgan fingerprint density at radius 1 is 1.06 bits per heavy atom. The van der Waals surface area contributed by atoms with Crippen LogP contribution in [0.4, 0.5) is 0 Å². The number of fused-ring (bicyclic) bond motifs is 1. The summed E-state index contributed by atoms with van der Waals surface area (Å²) >= 11 is 7.76. The number of carbonyl (C=O) groups is 2. The van der Waals surface area contributed by atoms with Crippen LogP contribution < -0.4 is 5.56 Å². The Morgan fingerprint density at radius 2 is 1.76 bits per heavy atom. The van der Waals surface area contributed by atoms with Crippen LogP contribution in [0.5, 0.6) is 0 Å². The number of hydrogen-bond donors (Lipinski definition) is 1. The van der Waals surface area contributed by atoms with Gasteiger partial charge >= 0.3 is 0 Å². The van der Waals surface area contributed by atoms with Gasteiger partial charge in [-0.2, -0.15) is 5.10 Å². The predicted octanol–water partition coefficient (Wildman–Crippen LogP) is 3.39. The number of aromatic nitrogens is 3. The van der Waals surface area contributed by atoms with Crippen molar-refractivity contribution < 1.29 is 9.59 Å². The molecule has 4 heterocycles. The van der Waals surface area contributed by atoms with Gasteiger partial charge in [0.05, 0.1) is 22.7 Å². The number of rotatable bonds is 4. The Labute approximate surface area is 204 Å². The van der Waals surface area contributed by atoms with Crippen molar-refractivity contribution in [2.45, 2.75) is 13.5 Å². The Hall–Kier alpha value is -3.43. The molecule has 3 aromatic heterocycles. The lowest BCUT2D eigenvalue weighted by molar-refractivity contribution is 0.0538. The number of hydrogen-bond acceptors (Lipinski definition) is 5. The molecule has 174 valence electrons. The van der Waals surface area contributed by atoms with Crippen molar-refractivity contribution >= 4 is 45.0 Å². The van der Waals surface area contributed by atoms with Crippen molar-refractivity contribution in [1.82, 2.24) is 24.6 Å². The van der Waals surface area contributed by atoms with Crippen LogP contribution in [0, 0.1) is 6.92 Å². The zero-order chi connectivity index (χ0) is 23.8. The van der Waals surface area contributed by atoms with Crippen molar-refractivity contribution in [3.63, 3.8) is 0 Å². The molecule has 0 radical (unpaired) electrons. The van der Waals surface area contributed by atoms with E-state index in [1.165, 1.54) is 29.7 Å². The molecule has 1 N–H and O–H groups in total. The number of nitrogens with one attached hydrogen (secondary N) is 1. The highest BCUT2D eigenvalue weighted by molar-refractivity contribution is 7.20. The van der Waals surface area contributed by atoms with Gasteiger partial charge < -0.3 is 14.8 Å². The number of halogens is 1. The highest BCUT2D eigenvalue weighted by Crippen LogP contribution is 2.30. The quantitative estimate of drug-likeness (QED) is 0.470. The van der Waals surface area contributed by atoms with Gasteiger partial charge in [-0.1, -0.05) is 29.8 Å². The number of piperazine rings is 1. The average Bonchev–Trinajstić information content (AvgIpc) is 3.41. The van der Waals surface area contributed by atoms with Crippen LogP contribution in [0.1, 0.15) is 31.3 Å². The lowest BCUT2D eigenvalue weighted by atomic mass is 10.2. The first-order valence-corrected chi connectivity index (χ1v) is 12.1. The fourth-order valence-corrected chi connectivity index (χ4v) is 5.43. The molecule has 1 saturated heterocycles. The van der Waals surface area contributed by atoms with Gasteiger partial charge in [0.1, 0.15) is 4.83 Å². The smallest absolute Gasteiger partial charge is 0.264 e. The van der Waals surface area contributed by atoms with E-state index in [9.17, 15) is 14.4 Å². The van der Waals surface area contributed by atoms with E-state index < -0.39 is 0 Å². The van der Waals surface area contributed by atoms with E-state index in [0.717, 1.165) is 21.5 Å². The van der Waals surface area contributed by atoms with Gasteiger partial charge in [0.2, 0.25) is 5.56 Å². The van der Waals surface area contributed by atoms with Gasteiger partial charge in [0.25, 0.3) is 11.8 Å². The number of aryl methyl sites for hydroxylation is 1. The summed E-state index contributed by atoms with van der Waals surface area (Å²) in [5.41, 5.74) is 2.02. The zero-order valence-corrected chi connectivity index (χ0v) is 20.0. The number of pyridine rings is 1. The zero-order valence-electron chi connectivity index (χ0n) is 18.5. The monoisotopic (exact) mass is 495 g/mol. The molecule has 8 nitrogen and oxygen atoms in total. The summed E-state index contributed by atoms with van der Waals surface area (Å²) in [7, 11) is 0. The van der Waals surface area contributed by atoms with E-state index in [1.807, 2.05) is 41.9 Å². The van der Waals surface area contributed by atoms with Crippen LogP contribution in [0.3, 0.4) is 0 Å². The van der Waals surface area contributed by atoms with Crippen LogP contribution in [-0.4, -0.2) is 62.6 Å². The molecule has 1 aliphatic heterocycles. The fraction of sp³-hybridized carbons (Fsp3) is 0.250. The second kappa shape index (κ2) is 9.08. The first-order valence-electron chi connectivity index (χ1n) is 10.9. The molecular weight excluding hydrogens is 474 g/mol. The third kappa shape index (κ3) is 4.24. The van der Waals surface area contributed by atoms with Crippen LogP contribution in [0.2, 0.25) is 5.02 Å². The molecule has 0 spiro atoms. The summed E-state index contributed by atoms with van der Waals surface area (Å²) in [6.07, 6.45) is 1.42. The SMILES string of the molecule is Cc1nn(Cc2ccccc2Cl)c2sc(C(=O)N3CCN(C(=O)c4ccc(=O)[nH]c4)CC3)cc12. The summed E-state index contributed by atoms with van der Waals surface area (Å²) in [6, 6.07) is 12.4. The molecule has 0 saturated carbocycles. The van der Waals surface area contributed by atoms with E-state index in [0.29, 0.717) is 48.2 Å². The van der Waals surface area contributed by atoms with Crippen LogP contribution in [-0.2, 0) is 6.54 Å². The lowest BCUT2D eigenvalue weighted by Crippen LogP contribution is -2.50. The minimum atomic E-state index is -0.250. The van der Waals surface area contributed by atoms with Gasteiger partial charge in [0.15, 0.2) is 0 Å². The molecule has 0 atom stereocenters. The first-order chi connectivity index (χ1) is 16.4. The number of amides is 2. The fourth-order valence-electron chi connectivity index (χ4n) is 4.11. The van der Waals surface area contributed by atoms with Gasteiger partial charge in [0, 0.05) is 48.9 Å². The summed E-state index contributed by atoms with van der Waals surface area (Å²) in [5, 5.41) is 6.29. The average molecular weight is 496 g/mol. The van der Waals surface area contributed by atoms with Crippen molar-refractivity contribution in [3.05, 3.63) is 85.7 Å². The Bertz CT molecular complexity index is 1430. The molecule has 34 heavy (non-hydrogen) atoms. The number of carbonyl (C=O) groups excluding carboxylic acids is 2. The molecule has 1 aliphatic rings. The second-order valence-corrected chi connectivity index (χ2v) is 9.63. The van der Waals surface area contributed by atoms with E-state index in [1.54, 1.807) is 9.80 Å². The maximum Gasteiger partial charge on any atom is 0.264 e. The van der Waals surface area contributed by atoms with Crippen molar-refractivity contribution in [2.24, 2.45) is 0 Å². The summed E-state index contributed by atoms with van der Waals surface area (Å²) < 4.78 is 1.90. The largest absolute Gasteiger partial charge is 0.335 e. The Morgan fingerprint density at radius 3 is 2.44 bits per heavy atom. The van der Waals surface area contributed by atoms with E-state index in [-0.39, 0.29) is 17.4 Å². The minimum absolute atomic E-state index is 0.0407. The van der Waals surface area contributed by atoms with Gasteiger partial charge in [-0.15, -0.1) is 11.3 Å². The Kier molecular flexibility index (Phi) is 5.97. The molecule has 0 aliphatic carbocycles. The van der Waals surface area contributed by atoms with Gasteiger partial charge in [-0.3, -0.25) is 19.1 Å². The normalized spacial score (nSPS) is 14.1. The van der Waals surface area contributed by atoms with E-state index in [2.05, 4.69) is 10.1 Å². The molecule has 2 amide bonds. The molecular formula is C24H22ClN5O3S. The summed E-state index contributed by atoms with van der Waals surface area (Å²) in [5.74, 6) is -0.193. The number of H-pyrrole nitrogens is 1. The second-order valence-electron chi connectivity index (χ2n) is 8.19. The number of benzene rings is 1. The van der Waals surface area contributed by atoms with Gasteiger partial charge in [-0.25, -0.2) is 0 Å². The third-order valence-corrected chi connectivity index (χ3v) is 7.49. The van der Waals surface area contributed by atoms with Crippen molar-refractivity contribution in [1.29, 1.82) is 0 Å². The highest BCUT2D eigenvalue weighted by atomic mass is 35.5. The molecule has 0 unspecified atom stereocenters. The van der Waals surface area contributed by atoms with Crippen LogP contribution in [0.25, 0.3) is 10.2 Å². The van der Waals surface area contributed by atoms with E-state index >= 15 is 0 Å². The Balaban J connectivity index is 1.29. The lowest BCUT2D eigenvalue weighted by Gasteiger charge is -2.34. The molecule has 0 bridgehead atoms. The van der Waals surface area contributed by atoms with Crippen LogP contribution >= 0.6 is 22.9 Å². The third-order valence-electron chi connectivity index (χ3n) is 5.98. The molecule has 1 fully saturated rings. The topological polar surface area (TPSA) is 91.3 Å². The van der Waals surface area contributed by atoms with E-state index in [4.69, 9.17) is 11.6 Å². The molecule has 4 aromatic rings. The summed E-state index contributed by atoms with van der Waals surface area (Å²) in [4.78, 5) is 44.7. The minimum Gasteiger partial charge on any atom is -0.335 e. The van der Waals surface area contributed by atoms with Crippen molar-refractivity contribution in [3.8, 4) is 0 Å². The van der Waals surface area contributed by atoms with Gasteiger partial charge in [-0.05, 0) is 30.7 Å². The number of aromatic amines is 1. The van der Waals surface area contributed by atoms with Crippen molar-refractivity contribution in [2.75, 3.05) is 26.2 Å². The maximum absolute atomic E-state index is 13.2. The standard InChI is InChI=1S/C24H22ClN5O3S/c1-15-18-12-20(34-24(18)30(27-15)14-17-4-2-3-5-19(17)25)23(33)29-10-8-28(9-11-29)22(32)16-6-7-21(31)26-13-16/h2-7,12-13H,8-11,14H2,1H3,(H,26,31). The van der Waals surface area contributed by atoms with Crippen LogP contribution in [0.15, 0.2) is 53.5 Å². The first kappa shape index (κ1) is 22.4.